The first kappa shape index (κ1) is 16.7. The zero-order chi connectivity index (χ0) is 16.0. The van der Waals surface area contributed by atoms with Crippen molar-refractivity contribution < 1.29 is 19.4 Å². The Morgan fingerprint density at radius 2 is 1.95 bits per heavy atom. The van der Waals surface area contributed by atoms with Crippen molar-refractivity contribution in [2.45, 2.75) is 24.5 Å². The summed E-state index contributed by atoms with van der Waals surface area (Å²) in [5.41, 5.74) is -0.0527. The van der Waals surface area contributed by atoms with Crippen molar-refractivity contribution in [2.75, 3.05) is 33.9 Å². The van der Waals surface area contributed by atoms with Crippen LogP contribution in [0.5, 0.6) is 5.75 Å². The van der Waals surface area contributed by atoms with Crippen LogP contribution in [0.4, 0.5) is 0 Å². The second-order valence-electron chi connectivity index (χ2n) is 5.45. The standard InChI is InChI=1S/C16H24N2O4/c1-21-13-5-3-12(4-6-13)14(19)11-18-15(20)16(22-2)7-9-17-10-8-16/h3-6,14,17,19H,7-11H2,1-2H3,(H,18,20). The quantitative estimate of drug-likeness (QED) is 0.718. The molecule has 0 aromatic heterocycles. The molecule has 1 heterocycles. The highest BCUT2D eigenvalue weighted by Crippen LogP contribution is 2.23. The molecule has 6 heteroatoms. The summed E-state index contributed by atoms with van der Waals surface area (Å²) in [6.07, 6.45) is 0.507. The summed E-state index contributed by atoms with van der Waals surface area (Å²) in [5, 5.41) is 16.2. The molecule has 22 heavy (non-hydrogen) atoms. The zero-order valence-electron chi connectivity index (χ0n) is 13.1. The van der Waals surface area contributed by atoms with E-state index in [9.17, 15) is 9.90 Å². The van der Waals surface area contributed by atoms with Crippen LogP contribution in [-0.4, -0.2) is 50.5 Å². The molecular formula is C16H24N2O4. The maximum Gasteiger partial charge on any atom is 0.252 e. The van der Waals surface area contributed by atoms with Crippen LogP contribution in [0.1, 0.15) is 24.5 Å². The van der Waals surface area contributed by atoms with Crippen molar-refractivity contribution in [1.82, 2.24) is 10.6 Å². The number of hydrogen-bond donors (Lipinski definition) is 3. The summed E-state index contributed by atoms with van der Waals surface area (Å²) in [6, 6.07) is 7.13. The number of rotatable bonds is 6. The molecule has 0 radical (unpaired) electrons. The lowest BCUT2D eigenvalue weighted by Gasteiger charge is -2.35. The van der Waals surface area contributed by atoms with Gasteiger partial charge in [0.25, 0.3) is 5.91 Å². The van der Waals surface area contributed by atoms with E-state index in [0.717, 1.165) is 24.4 Å². The van der Waals surface area contributed by atoms with Gasteiger partial charge in [-0.15, -0.1) is 0 Å². The summed E-state index contributed by atoms with van der Waals surface area (Å²) >= 11 is 0. The Labute approximate surface area is 130 Å². The smallest absolute Gasteiger partial charge is 0.252 e. The van der Waals surface area contributed by atoms with Gasteiger partial charge in [0.05, 0.1) is 13.2 Å². The molecule has 1 aliphatic heterocycles. The third kappa shape index (κ3) is 3.76. The minimum absolute atomic E-state index is 0.156. The van der Waals surface area contributed by atoms with Gasteiger partial charge in [0.2, 0.25) is 0 Å². The highest BCUT2D eigenvalue weighted by molar-refractivity contribution is 5.85. The van der Waals surface area contributed by atoms with Crippen LogP contribution in [0.3, 0.4) is 0 Å². The Balaban J connectivity index is 1.91. The van der Waals surface area contributed by atoms with Gasteiger partial charge < -0.3 is 25.2 Å². The Hall–Kier alpha value is -1.63. The van der Waals surface area contributed by atoms with Gasteiger partial charge in [-0.25, -0.2) is 0 Å². The van der Waals surface area contributed by atoms with E-state index in [-0.39, 0.29) is 12.5 Å². The number of aliphatic hydroxyl groups excluding tert-OH is 1. The molecule has 1 atom stereocenters. The van der Waals surface area contributed by atoms with Gasteiger partial charge in [-0.3, -0.25) is 4.79 Å². The van der Waals surface area contributed by atoms with Crippen LogP contribution in [0.15, 0.2) is 24.3 Å². The van der Waals surface area contributed by atoms with Gasteiger partial charge in [-0.05, 0) is 43.6 Å². The Kier molecular flexibility index (Phi) is 5.76. The molecule has 1 saturated heterocycles. The lowest BCUT2D eigenvalue weighted by Crippen LogP contribution is -2.54. The Bertz CT molecular complexity index is 483. The maximum atomic E-state index is 12.4. The number of amides is 1. The van der Waals surface area contributed by atoms with E-state index in [4.69, 9.17) is 9.47 Å². The van der Waals surface area contributed by atoms with Gasteiger partial charge in [-0.1, -0.05) is 12.1 Å². The highest BCUT2D eigenvalue weighted by Gasteiger charge is 2.39. The number of benzene rings is 1. The van der Waals surface area contributed by atoms with Gasteiger partial charge >= 0.3 is 0 Å². The van der Waals surface area contributed by atoms with Crippen LogP contribution >= 0.6 is 0 Å². The molecule has 1 fully saturated rings. The predicted octanol–water partition coefficient (Wildman–Crippen LogP) is 0.613. The van der Waals surface area contributed by atoms with Crippen molar-refractivity contribution in [2.24, 2.45) is 0 Å². The second-order valence-corrected chi connectivity index (χ2v) is 5.45. The molecule has 122 valence electrons. The molecular weight excluding hydrogens is 284 g/mol. The average molecular weight is 308 g/mol. The Morgan fingerprint density at radius 3 is 2.50 bits per heavy atom. The fraction of sp³-hybridized carbons (Fsp3) is 0.562. The van der Waals surface area contributed by atoms with E-state index in [1.165, 1.54) is 0 Å². The minimum Gasteiger partial charge on any atom is -0.497 e. The third-order valence-corrected chi connectivity index (χ3v) is 4.17. The molecule has 1 aromatic rings. The van der Waals surface area contributed by atoms with Crippen LogP contribution in [0.2, 0.25) is 0 Å². The van der Waals surface area contributed by atoms with Gasteiger partial charge in [0, 0.05) is 13.7 Å². The fourth-order valence-corrected chi connectivity index (χ4v) is 2.65. The van der Waals surface area contributed by atoms with Crippen molar-refractivity contribution >= 4 is 5.91 Å². The minimum atomic E-state index is -0.787. The van der Waals surface area contributed by atoms with Gasteiger partial charge in [0.15, 0.2) is 0 Å². The highest BCUT2D eigenvalue weighted by atomic mass is 16.5. The monoisotopic (exact) mass is 308 g/mol. The number of ether oxygens (including phenoxy) is 2. The first-order valence-corrected chi connectivity index (χ1v) is 7.47. The van der Waals surface area contributed by atoms with E-state index in [1.807, 2.05) is 0 Å². The molecule has 1 amide bonds. The molecule has 0 aliphatic carbocycles. The van der Waals surface area contributed by atoms with Crippen molar-refractivity contribution in [3.8, 4) is 5.75 Å². The maximum absolute atomic E-state index is 12.4. The van der Waals surface area contributed by atoms with E-state index >= 15 is 0 Å². The summed E-state index contributed by atoms with van der Waals surface area (Å²) < 4.78 is 10.5. The fourth-order valence-electron chi connectivity index (χ4n) is 2.65. The molecule has 2 rings (SSSR count). The average Bonchev–Trinajstić information content (AvgIpc) is 2.59. The van der Waals surface area contributed by atoms with Gasteiger partial charge in [0.1, 0.15) is 11.4 Å². The number of carbonyl (C=O) groups is 1. The Morgan fingerprint density at radius 1 is 1.32 bits per heavy atom. The molecule has 1 aromatic carbocycles. The number of piperidine rings is 1. The molecule has 1 aliphatic rings. The topological polar surface area (TPSA) is 79.8 Å². The number of methoxy groups -OCH3 is 2. The second kappa shape index (κ2) is 7.58. The number of carbonyl (C=O) groups excluding carboxylic acids is 1. The molecule has 3 N–H and O–H groups in total. The summed E-state index contributed by atoms with van der Waals surface area (Å²) in [6.45, 7) is 1.66. The van der Waals surface area contributed by atoms with Crippen LogP contribution in [-0.2, 0) is 9.53 Å². The lowest BCUT2D eigenvalue weighted by atomic mass is 9.91. The molecule has 0 spiro atoms. The van der Waals surface area contributed by atoms with Crippen LogP contribution < -0.4 is 15.4 Å². The van der Waals surface area contributed by atoms with Crippen molar-refractivity contribution in [3.05, 3.63) is 29.8 Å². The van der Waals surface area contributed by atoms with E-state index in [1.54, 1.807) is 38.5 Å². The first-order valence-electron chi connectivity index (χ1n) is 7.47. The van der Waals surface area contributed by atoms with Crippen molar-refractivity contribution in [3.63, 3.8) is 0 Å². The normalized spacial score (nSPS) is 18.5. The SMILES string of the molecule is COc1ccc(C(O)CNC(=O)C2(OC)CCNCC2)cc1. The molecule has 0 bridgehead atoms. The van der Waals surface area contributed by atoms with E-state index in [2.05, 4.69) is 10.6 Å². The largest absolute Gasteiger partial charge is 0.497 e. The lowest BCUT2D eigenvalue weighted by molar-refractivity contribution is -0.147. The van der Waals surface area contributed by atoms with E-state index < -0.39 is 11.7 Å². The number of hydrogen-bond acceptors (Lipinski definition) is 5. The van der Waals surface area contributed by atoms with Crippen LogP contribution in [0.25, 0.3) is 0 Å². The first-order chi connectivity index (χ1) is 10.6. The summed E-state index contributed by atoms with van der Waals surface area (Å²) in [5.74, 6) is 0.567. The van der Waals surface area contributed by atoms with Gasteiger partial charge in [-0.2, -0.15) is 0 Å². The number of aliphatic hydroxyl groups is 1. The van der Waals surface area contributed by atoms with E-state index in [0.29, 0.717) is 12.8 Å². The predicted molar refractivity (Wildman–Crippen MR) is 82.8 cm³/mol. The summed E-state index contributed by atoms with van der Waals surface area (Å²) in [7, 11) is 3.15. The zero-order valence-corrected chi connectivity index (χ0v) is 13.1. The summed E-state index contributed by atoms with van der Waals surface area (Å²) in [4.78, 5) is 12.4. The van der Waals surface area contributed by atoms with Crippen molar-refractivity contribution in [1.29, 1.82) is 0 Å². The molecule has 1 unspecified atom stereocenters. The third-order valence-electron chi connectivity index (χ3n) is 4.17. The number of nitrogens with one attached hydrogen (secondary N) is 2. The molecule has 0 saturated carbocycles. The molecule has 6 nitrogen and oxygen atoms in total. The van der Waals surface area contributed by atoms with Crippen LogP contribution in [0, 0.1) is 0 Å².